The second-order valence-corrected chi connectivity index (χ2v) is 6.26. The summed E-state index contributed by atoms with van der Waals surface area (Å²) in [5, 5.41) is 9.05. The highest BCUT2D eigenvalue weighted by atomic mass is 79.9. The molecule has 2 aromatic heterocycles. The maximum Gasteiger partial charge on any atom is 0.255 e. The van der Waals surface area contributed by atoms with Crippen LogP contribution in [0.1, 0.15) is 28.9 Å². The lowest BCUT2D eigenvalue weighted by molar-refractivity contribution is 0.0525. The van der Waals surface area contributed by atoms with Gasteiger partial charge in [-0.15, -0.1) is 0 Å². The average Bonchev–Trinajstić information content (AvgIpc) is 2.62. The molecule has 1 aliphatic heterocycles. The zero-order valence-corrected chi connectivity index (χ0v) is 14.3. The number of halogens is 1. The Balaban J connectivity index is 1.70. The Morgan fingerprint density at radius 1 is 1.38 bits per heavy atom. The summed E-state index contributed by atoms with van der Waals surface area (Å²) in [6.07, 6.45) is 7.51. The summed E-state index contributed by atoms with van der Waals surface area (Å²) in [7, 11) is 0. The van der Waals surface area contributed by atoms with Gasteiger partial charge in [-0.1, -0.05) is 0 Å². The number of likely N-dealkylation sites (tertiary alicyclic amines) is 1. The van der Waals surface area contributed by atoms with Crippen molar-refractivity contribution in [2.75, 3.05) is 13.1 Å². The summed E-state index contributed by atoms with van der Waals surface area (Å²) in [6, 6.07) is 3.70. The van der Waals surface area contributed by atoms with Crippen LogP contribution >= 0.6 is 15.9 Å². The fourth-order valence-electron chi connectivity index (χ4n) is 2.58. The highest BCUT2D eigenvalue weighted by Gasteiger charge is 2.27. The van der Waals surface area contributed by atoms with Crippen molar-refractivity contribution in [2.24, 2.45) is 0 Å². The van der Waals surface area contributed by atoms with Gasteiger partial charge in [0.25, 0.3) is 11.8 Å². The van der Waals surface area contributed by atoms with Gasteiger partial charge in [0.05, 0.1) is 12.1 Å². The second kappa shape index (κ2) is 7.36. The lowest BCUT2D eigenvalue weighted by atomic mass is 10.1. The Morgan fingerprint density at radius 2 is 2.21 bits per heavy atom. The van der Waals surface area contributed by atoms with E-state index >= 15 is 0 Å². The van der Waals surface area contributed by atoms with Crippen LogP contribution in [0.2, 0.25) is 0 Å². The third kappa shape index (κ3) is 3.68. The zero-order valence-electron chi connectivity index (χ0n) is 12.7. The molecule has 24 heavy (non-hydrogen) atoms. The van der Waals surface area contributed by atoms with E-state index in [1.54, 1.807) is 23.4 Å². The van der Waals surface area contributed by atoms with E-state index in [1.807, 2.05) is 6.07 Å². The van der Waals surface area contributed by atoms with Gasteiger partial charge in [-0.05, 0) is 34.8 Å². The fraction of sp³-hybridized carbons (Fsp3) is 0.312. The number of piperidine rings is 1. The molecule has 1 saturated heterocycles. The molecule has 0 radical (unpaired) electrons. The van der Waals surface area contributed by atoms with Crippen LogP contribution in [0.3, 0.4) is 0 Å². The van der Waals surface area contributed by atoms with Gasteiger partial charge in [0.1, 0.15) is 12.2 Å². The van der Waals surface area contributed by atoms with Gasteiger partial charge in [0, 0.05) is 35.8 Å². The molecule has 0 aromatic carbocycles. The molecule has 0 saturated carbocycles. The number of nitriles is 1. The van der Waals surface area contributed by atoms with Crippen molar-refractivity contribution >= 4 is 21.8 Å². The van der Waals surface area contributed by atoms with Gasteiger partial charge in [0.2, 0.25) is 5.69 Å². The van der Waals surface area contributed by atoms with Crippen LogP contribution in [-0.2, 0) is 0 Å². The predicted molar refractivity (Wildman–Crippen MR) is 88.2 cm³/mol. The van der Waals surface area contributed by atoms with Crippen molar-refractivity contribution in [1.82, 2.24) is 19.9 Å². The molecule has 1 amide bonds. The molecule has 1 atom stereocenters. The van der Waals surface area contributed by atoms with E-state index in [4.69, 9.17) is 10.00 Å². The van der Waals surface area contributed by atoms with Crippen LogP contribution in [0.5, 0.6) is 5.88 Å². The lowest BCUT2D eigenvalue weighted by Crippen LogP contribution is -2.44. The summed E-state index contributed by atoms with van der Waals surface area (Å²) >= 11 is 3.32. The van der Waals surface area contributed by atoms with Gasteiger partial charge >= 0.3 is 0 Å². The molecular formula is C16H14BrN5O2. The van der Waals surface area contributed by atoms with E-state index in [2.05, 4.69) is 30.9 Å². The minimum absolute atomic E-state index is 0.0863. The van der Waals surface area contributed by atoms with E-state index in [-0.39, 0.29) is 23.6 Å². The number of hydrogen-bond acceptors (Lipinski definition) is 6. The number of pyridine rings is 1. The first-order chi connectivity index (χ1) is 11.7. The molecule has 0 N–H and O–H groups in total. The number of ether oxygens (including phenoxy) is 1. The molecule has 0 bridgehead atoms. The number of nitrogens with zero attached hydrogens (tertiary/aromatic N) is 5. The molecule has 2 aromatic rings. The van der Waals surface area contributed by atoms with Crippen molar-refractivity contribution in [1.29, 1.82) is 5.26 Å². The maximum atomic E-state index is 12.6. The summed E-state index contributed by atoms with van der Waals surface area (Å²) in [4.78, 5) is 26.4. The van der Waals surface area contributed by atoms with Crippen LogP contribution < -0.4 is 4.74 Å². The fourth-order valence-corrected chi connectivity index (χ4v) is 2.94. The molecule has 8 heteroatoms. The largest absolute Gasteiger partial charge is 0.470 e. The Hall–Kier alpha value is -2.53. The first-order valence-corrected chi connectivity index (χ1v) is 8.24. The first kappa shape index (κ1) is 16.3. The Labute approximate surface area is 147 Å². The molecule has 122 valence electrons. The second-order valence-electron chi connectivity index (χ2n) is 5.35. The van der Waals surface area contributed by atoms with E-state index in [0.29, 0.717) is 18.7 Å². The number of rotatable bonds is 3. The number of carbonyl (C=O) groups excluding carboxylic acids is 1. The van der Waals surface area contributed by atoms with Crippen LogP contribution in [0.15, 0.2) is 35.3 Å². The third-order valence-corrected chi connectivity index (χ3v) is 4.10. The van der Waals surface area contributed by atoms with Gasteiger partial charge in [0.15, 0.2) is 0 Å². The Kier molecular flexibility index (Phi) is 5.01. The number of hydrogen-bond donors (Lipinski definition) is 0. The van der Waals surface area contributed by atoms with Crippen LogP contribution in [-0.4, -0.2) is 45.0 Å². The summed E-state index contributed by atoms with van der Waals surface area (Å²) < 4.78 is 6.56. The lowest BCUT2D eigenvalue weighted by Gasteiger charge is -2.32. The molecule has 3 heterocycles. The summed E-state index contributed by atoms with van der Waals surface area (Å²) in [5.74, 6) is 0.125. The molecule has 1 fully saturated rings. The topological polar surface area (TPSA) is 92.0 Å². The Morgan fingerprint density at radius 3 is 3.00 bits per heavy atom. The Bertz CT molecular complexity index is 792. The smallest absolute Gasteiger partial charge is 0.255 e. The molecule has 0 spiro atoms. The van der Waals surface area contributed by atoms with E-state index < -0.39 is 0 Å². The van der Waals surface area contributed by atoms with Crippen LogP contribution in [0, 0.1) is 11.3 Å². The minimum atomic E-state index is -0.216. The molecular weight excluding hydrogens is 374 g/mol. The molecule has 3 rings (SSSR count). The van der Waals surface area contributed by atoms with Crippen molar-refractivity contribution < 1.29 is 9.53 Å². The molecule has 1 aliphatic rings. The van der Waals surface area contributed by atoms with Crippen molar-refractivity contribution in [3.8, 4) is 11.9 Å². The van der Waals surface area contributed by atoms with E-state index in [9.17, 15) is 4.79 Å². The van der Waals surface area contributed by atoms with Crippen molar-refractivity contribution in [3.05, 3.63) is 46.6 Å². The number of carbonyl (C=O) groups is 1. The highest BCUT2D eigenvalue weighted by molar-refractivity contribution is 9.10. The van der Waals surface area contributed by atoms with Gasteiger partial charge in [-0.3, -0.25) is 9.78 Å². The molecule has 7 nitrogen and oxygen atoms in total. The summed E-state index contributed by atoms with van der Waals surface area (Å²) in [6.45, 7) is 1.10. The van der Waals surface area contributed by atoms with Crippen molar-refractivity contribution in [3.63, 3.8) is 0 Å². The average molecular weight is 388 g/mol. The van der Waals surface area contributed by atoms with Crippen LogP contribution in [0.25, 0.3) is 0 Å². The molecule has 1 unspecified atom stereocenters. The monoisotopic (exact) mass is 387 g/mol. The SMILES string of the molecule is N#Cc1nccnc1OC1CCCN(C(=O)c2cncc(Br)c2)C1. The highest BCUT2D eigenvalue weighted by Crippen LogP contribution is 2.20. The zero-order chi connectivity index (χ0) is 16.9. The maximum absolute atomic E-state index is 12.6. The number of amides is 1. The van der Waals surface area contributed by atoms with Crippen molar-refractivity contribution in [2.45, 2.75) is 18.9 Å². The van der Waals surface area contributed by atoms with E-state index in [0.717, 1.165) is 17.3 Å². The first-order valence-electron chi connectivity index (χ1n) is 7.45. The quantitative estimate of drug-likeness (QED) is 0.801. The standard InChI is InChI=1S/C16H14BrN5O2/c17-12-6-11(8-19-9-12)16(23)22-5-1-2-13(10-22)24-15-14(7-18)20-3-4-21-15/h3-4,6,8-9,13H,1-2,5,10H2. The normalized spacial score (nSPS) is 17.2. The third-order valence-electron chi connectivity index (χ3n) is 3.67. The number of aromatic nitrogens is 3. The van der Waals surface area contributed by atoms with E-state index in [1.165, 1.54) is 12.4 Å². The summed E-state index contributed by atoms with van der Waals surface area (Å²) in [5.41, 5.74) is 0.680. The minimum Gasteiger partial charge on any atom is -0.470 e. The van der Waals surface area contributed by atoms with Gasteiger partial charge in [-0.2, -0.15) is 5.26 Å². The molecule has 0 aliphatic carbocycles. The van der Waals surface area contributed by atoms with Crippen LogP contribution in [0.4, 0.5) is 0 Å². The predicted octanol–water partition coefficient (Wildman–Crippen LogP) is 2.19. The van der Waals surface area contributed by atoms with Gasteiger partial charge < -0.3 is 9.64 Å². The van der Waals surface area contributed by atoms with Gasteiger partial charge in [-0.25, -0.2) is 9.97 Å².